The predicted octanol–water partition coefficient (Wildman–Crippen LogP) is 5.51. The molecule has 34 heavy (non-hydrogen) atoms. The topological polar surface area (TPSA) is 69.7 Å². The zero-order chi connectivity index (χ0) is 23.8. The number of piperidine rings is 1. The fraction of sp³-hybridized carbons (Fsp3) is 0.320. The summed E-state index contributed by atoms with van der Waals surface area (Å²) in [4.78, 5) is 41.6. The Morgan fingerprint density at radius 3 is 2.47 bits per heavy atom. The van der Waals surface area contributed by atoms with E-state index in [2.05, 4.69) is 5.32 Å². The summed E-state index contributed by atoms with van der Waals surface area (Å²) in [6, 6.07) is 12.9. The quantitative estimate of drug-likeness (QED) is 0.487. The molecule has 176 valence electrons. The highest BCUT2D eigenvalue weighted by Crippen LogP contribution is 2.37. The van der Waals surface area contributed by atoms with Crippen LogP contribution in [0.1, 0.15) is 35.4 Å². The first-order valence-electron chi connectivity index (χ1n) is 11.3. The Labute approximate surface area is 211 Å². The van der Waals surface area contributed by atoms with E-state index in [9.17, 15) is 14.4 Å². The summed E-state index contributed by atoms with van der Waals surface area (Å²) < 4.78 is 0.861. The first kappa shape index (κ1) is 23.1. The number of hydrogen-bond donors (Lipinski definition) is 1. The van der Waals surface area contributed by atoms with Crippen molar-refractivity contribution in [3.63, 3.8) is 0 Å². The molecule has 6 nitrogen and oxygen atoms in total. The monoisotopic (exact) mass is 515 g/mol. The number of nitrogens with zero attached hydrogens (tertiary/aromatic N) is 2. The molecular formula is C25H23Cl2N3O3S. The Kier molecular flexibility index (Phi) is 6.51. The third kappa shape index (κ3) is 4.52. The van der Waals surface area contributed by atoms with Crippen LogP contribution in [0.5, 0.6) is 0 Å². The van der Waals surface area contributed by atoms with E-state index in [0.717, 1.165) is 40.8 Å². The van der Waals surface area contributed by atoms with Gasteiger partial charge in [-0.05, 0) is 49.2 Å². The molecule has 0 aliphatic carbocycles. The lowest BCUT2D eigenvalue weighted by Crippen LogP contribution is -2.35. The van der Waals surface area contributed by atoms with Crippen LogP contribution >= 0.6 is 34.5 Å². The van der Waals surface area contributed by atoms with Gasteiger partial charge in [-0.3, -0.25) is 14.4 Å². The van der Waals surface area contributed by atoms with Crippen molar-refractivity contribution in [3.8, 4) is 0 Å². The first-order chi connectivity index (χ1) is 16.4. The van der Waals surface area contributed by atoms with Crippen molar-refractivity contribution < 1.29 is 14.4 Å². The number of halogens is 2. The molecule has 2 saturated heterocycles. The Morgan fingerprint density at radius 2 is 1.74 bits per heavy atom. The van der Waals surface area contributed by atoms with E-state index in [1.807, 2.05) is 35.2 Å². The SMILES string of the molecule is O=C(NCC1CC(=O)N(c2ccc(N3CCCCC3=O)cc2)C1)c1sc2cc(Cl)ccc2c1Cl. The zero-order valence-corrected chi connectivity index (χ0v) is 20.7. The largest absolute Gasteiger partial charge is 0.351 e. The number of anilines is 2. The molecule has 1 unspecified atom stereocenters. The molecule has 1 aromatic heterocycles. The maximum Gasteiger partial charge on any atom is 0.262 e. The smallest absolute Gasteiger partial charge is 0.262 e. The van der Waals surface area contributed by atoms with Gasteiger partial charge in [-0.1, -0.05) is 29.3 Å². The lowest BCUT2D eigenvalue weighted by molar-refractivity contribution is -0.119. The zero-order valence-electron chi connectivity index (χ0n) is 18.4. The van der Waals surface area contributed by atoms with Gasteiger partial charge in [-0.2, -0.15) is 0 Å². The van der Waals surface area contributed by atoms with Gasteiger partial charge in [0, 0.05) is 64.9 Å². The Hall–Kier alpha value is -2.61. The van der Waals surface area contributed by atoms with Crippen molar-refractivity contribution in [2.75, 3.05) is 29.4 Å². The van der Waals surface area contributed by atoms with Crippen LogP contribution in [0.2, 0.25) is 10.0 Å². The van der Waals surface area contributed by atoms with E-state index < -0.39 is 0 Å². The van der Waals surface area contributed by atoms with Crippen molar-refractivity contribution in [3.05, 3.63) is 57.4 Å². The summed E-state index contributed by atoms with van der Waals surface area (Å²) in [6.45, 7) is 1.64. The van der Waals surface area contributed by atoms with Gasteiger partial charge in [0.2, 0.25) is 11.8 Å². The van der Waals surface area contributed by atoms with Crippen molar-refractivity contribution in [1.82, 2.24) is 5.32 Å². The number of benzene rings is 2. The molecule has 2 aromatic carbocycles. The Morgan fingerprint density at radius 1 is 1.00 bits per heavy atom. The van der Waals surface area contributed by atoms with Crippen LogP contribution in [0, 0.1) is 5.92 Å². The highest BCUT2D eigenvalue weighted by molar-refractivity contribution is 7.21. The van der Waals surface area contributed by atoms with Crippen LogP contribution in [0.25, 0.3) is 10.1 Å². The van der Waals surface area contributed by atoms with Crippen LogP contribution < -0.4 is 15.1 Å². The van der Waals surface area contributed by atoms with Crippen LogP contribution in [0.15, 0.2) is 42.5 Å². The van der Waals surface area contributed by atoms with Crippen LogP contribution in [-0.4, -0.2) is 37.4 Å². The van der Waals surface area contributed by atoms with Gasteiger partial charge in [0.05, 0.1) is 5.02 Å². The minimum absolute atomic E-state index is 0.00222. The first-order valence-corrected chi connectivity index (χ1v) is 12.8. The number of amides is 3. The van der Waals surface area contributed by atoms with Crippen molar-refractivity contribution >= 4 is 73.7 Å². The highest BCUT2D eigenvalue weighted by atomic mass is 35.5. The molecule has 0 radical (unpaired) electrons. The molecule has 3 heterocycles. The molecule has 3 amide bonds. The second kappa shape index (κ2) is 9.56. The molecule has 0 bridgehead atoms. The molecule has 1 atom stereocenters. The number of carbonyl (C=O) groups is 3. The molecule has 2 fully saturated rings. The normalized spacial score (nSPS) is 18.7. The van der Waals surface area contributed by atoms with Crippen molar-refractivity contribution in [2.24, 2.45) is 5.92 Å². The molecule has 3 aromatic rings. The van der Waals surface area contributed by atoms with Gasteiger partial charge in [-0.25, -0.2) is 0 Å². The summed E-state index contributed by atoms with van der Waals surface area (Å²) in [5.41, 5.74) is 1.67. The fourth-order valence-corrected chi connectivity index (χ4v) is 6.27. The summed E-state index contributed by atoms with van der Waals surface area (Å²) in [6.07, 6.45) is 2.89. The van der Waals surface area contributed by atoms with Gasteiger partial charge in [-0.15, -0.1) is 11.3 Å². The maximum atomic E-state index is 12.8. The summed E-state index contributed by atoms with van der Waals surface area (Å²) in [7, 11) is 0. The minimum Gasteiger partial charge on any atom is -0.351 e. The van der Waals surface area contributed by atoms with Gasteiger partial charge >= 0.3 is 0 Å². The third-order valence-electron chi connectivity index (χ3n) is 6.35. The molecule has 0 spiro atoms. The molecule has 0 saturated carbocycles. The fourth-order valence-electron chi connectivity index (χ4n) is 4.56. The predicted molar refractivity (Wildman–Crippen MR) is 137 cm³/mol. The van der Waals surface area contributed by atoms with E-state index in [-0.39, 0.29) is 23.6 Å². The second-order valence-corrected chi connectivity index (χ2v) is 10.6. The minimum atomic E-state index is -0.247. The van der Waals surface area contributed by atoms with Gasteiger partial charge in [0.15, 0.2) is 0 Å². The van der Waals surface area contributed by atoms with Crippen LogP contribution in [0.4, 0.5) is 11.4 Å². The number of fused-ring (bicyclic) bond motifs is 1. The molecule has 1 N–H and O–H groups in total. The molecule has 2 aliphatic heterocycles. The Bertz CT molecular complexity index is 1270. The number of rotatable bonds is 5. The summed E-state index contributed by atoms with van der Waals surface area (Å²) >= 11 is 13.8. The number of hydrogen-bond acceptors (Lipinski definition) is 4. The average Bonchev–Trinajstić information content (AvgIpc) is 3.37. The summed E-state index contributed by atoms with van der Waals surface area (Å²) in [5.74, 6) is -0.0735. The van der Waals surface area contributed by atoms with E-state index in [1.165, 1.54) is 11.3 Å². The van der Waals surface area contributed by atoms with Gasteiger partial charge in [0.25, 0.3) is 5.91 Å². The lowest BCUT2D eigenvalue weighted by Gasteiger charge is -2.27. The van der Waals surface area contributed by atoms with Gasteiger partial charge < -0.3 is 15.1 Å². The molecular weight excluding hydrogens is 493 g/mol. The van der Waals surface area contributed by atoms with E-state index in [1.54, 1.807) is 17.0 Å². The molecule has 5 rings (SSSR count). The Balaban J connectivity index is 1.21. The third-order valence-corrected chi connectivity index (χ3v) is 8.24. The van der Waals surface area contributed by atoms with E-state index in [4.69, 9.17) is 23.2 Å². The second-order valence-electron chi connectivity index (χ2n) is 8.69. The number of thiophene rings is 1. The van der Waals surface area contributed by atoms with E-state index in [0.29, 0.717) is 40.9 Å². The lowest BCUT2D eigenvalue weighted by atomic mass is 10.1. The van der Waals surface area contributed by atoms with Crippen LogP contribution in [-0.2, 0) is 9.59 Å². The van der Waals surface area contributed by atoms with Crippen molar-refractivity contribution in [2.45, 2.75) is 25.7 Å². The molecule has 2 aliphatic rings. The number of nitrogens with one attached hydrogen (secondary N) is 1. The average molecular weight is 516 g/mol. The molecule has 9 heteroatoms. The standard InChI is InChI=1S/C25H23Cl2N3O3S/c26-16-4-9-19-20(12-16)34-24(23(19)27)25(33)28-13-15-11-22(32)30(14-15)18-7-5-17(6-8-18)29-10-2-1-3-21(29)31/h4-9,12,15H,1-3,10-11,13-14H2,(H,28,33). The number of carbonyl (C=O) groups excluding carboxylic acids is 3. The summed E-state index contributed by atoms with van der Waals surface area (Å²) in [5, 5.41) is 4.76. The van der Waals surface area contributed by atoms with Gasteiger partial charge in [0.1, 0.15) is 4.88 Å². The highest BCUT2D eigenvalue weighted by Gasteiger charge is 2.31. The van der Waals surface area contributed by atoms with E-state index >= 15 is 0 Å². The van der Waals surface area contributed by atoms with Crippen LogP contribution in [0.3, 0.4) is 0 Å². The van der Waals surface area contributed by atoms with Crippen molar-refractivity contribution in [1.29, 1.82) is 0 Å². The maximum absolute atomic E-state index is 12.8.